The van der Waals surface area contributed by atoms with Gasteiger partial charge in [0.1, 0.15) is 6.54 Å². The van der Waals surface area contributed by atoms with E-state index in [2.05, 4.69) is 15.5 Å². The first kappa shape index (κ1) is 14.8. The minimum atomic E-state index is -0.105. The summed E-state index contributed by atoms with van der Waals surface area (Å²) in [6, 6.07) is 1.96. The predicted octanol–water partition coefficient (Wildman–Crippen LogP) is 1.57. The lowest BCUT2D eigenvalue weighted by Crippen LogP contribution is -2.56. The summed E-state index contributed by atoms with van der Waals surface area (Å²) in [5.74, 6) is 0.729. The smallest absolute Gasteiger partial charge is 0.245 e. The molecule has 0 radical (unpaired) electrons. The number of likely N-dealkylation sites (tertiary alicyclic amines) is 1. The molecule has 4 heterocycles. The maximum Gasteiger partial charge on any atom is 0.245 e. The molecule has 0 aromatic carbocycles. The second-order valence-corrected chi connectivity index (χ2v) is 6.98. The number of amides is 1. The van der Waals surface area contributed by atoms with Gasteiger partial charge in [0.05, 0.1) is 12.1 Å². The summed E-state index contributed by atoms with van der Waals surface area (Å²) >= 11 is 1.59. The van der Waals surface area contributed by atoms with Gasteiger partial charge in [-0.25, -0.2) is 4.68 Å². The first-order valence-corrected chi connectivity index (χ1v) is 8.90. The largest absolute Gasteiger partial charge is 0.379 e. The summed E-state index contributed by atoms with van der Waals surface area (Å²) in [6.07, 6.45) is 4.19. The van der Waals surface area contributed by atoms with E-state index >= 15 is 0 Å². The van der Waals surface area contributed by atoms with Gasteiger partial charge in [-0.3, -0.25) is 4.79 Å². The number of hydrogen-bond acceptors (Lipinski definition) is 6. The average Bonchev–Trinajstić information content (AvgIpc) is 3.28. The van der Waals surface area contributed by atoms with Crippen LogP contribution in [0.25, 0.3) is 11.4 Å². The van der Waals surface area contributed by atoms with Gasteiger partial charge in [0.25, 0.3) is 0 Å². The van der Waals surface area contributed by atoms with Crippen molar-refractivity contribution in [3.05, 3.63) is 16.8 Å². The number of rotatable bonds is 3. The highest BCUT2D eigenvalue weighted by Gasteiger charge is 2.44. The lowest BCUT2D eigenvalue weighted by Gasteiger charge is -2.44. The molecule has 2 aliphatic heterocycles. The highest BCUT2D eigenvalue weighted by Crippen LogP contribution is 2.35. The summed E-state index contributed by atoms with van der Waals surface area (Å²) in [7, 11) is 0. The number of carbonyl (C=O) groups excluding carboxylic acids is 1. The van der Waals surface area contributed by atoms with Crippen molar-refractivity contribution in [1.29, 1.82) is 0 Å². The van der Waals surface area contributed by atoms with Crippen LogP contribution in [0.4, 0.5) is 0 Å². The third kappa shape index (κ3) is 2.66. The third-order valence-electron chi connectivity index (χ3n) is 4.83. The van der Waals surface area contributed by atoms with Gasteiger partial charge in [0.15, 0.2) is 5.82 Å². The maximum absolute atomic E-state index is 12.9. The second-order valence-electron chi connectivity index (χ2n) is 6.20. The maximum atomic E-state index is 12.9. The molecule has 1 atom stereocenters. The Balaban J connectivity index is 1.55. The number of thiophene rings is 1. The number of ether oxygens (including phenoxy) is 1. The predicted molar refractivity (Wildman–Crippen MR) is 84.9 cm³/mol. The van der Waals surface area contributed by atoms with Gasteiger partial charge in [0, 0.05) is 24.1 Å². The molecule has 8 heteroatoms. The number of aromatic nitrogens is 4. The molecule has 2 fully saturated rings. The van der Waals surface area contributed by atoms with Crippen molar-refractivity contribution >= 4 is 17.2 Å². The number of piperidine rings is 1. The molecule has 1 unspecified atom stereocenters. The van der Waals surface area contributed by atoms with Gasteiger partial charge in [-0.2, -0.15) is 11.3 Å². The Morgan fingerprint density at radius 2 is 2.35 bits per heavy atom. The van der Waals surface area contributed by atoms with Crippen molar-refractivity contribution < 1.29 is 9.53 Å². The lowest BCUT2D eigenvalue weighted by molar-refractivity contribution is -0.141. The van der Waals surface area contributed by atoms with Crippen LogP contribution in [0.2, 0.25) is 0 Å². The highest BCUT2D eigenvalue weighted by atomic mass is 32.1. The standard InChI is InChI=1S/C15H19N5O2S/c21-13(19-6-2-1-4-15(19)5-7-22-11-15)9-20-14(16-17-18-20)12-3-8-23-10-12/h3,8,10H,1-2,4-7,9,11H2. The van der Waals surface area contributed by atoms with Crippen LogP contribution in [0, 0.1) is 0 Å². The molecule has 2 aromatic heterocycles. The van der Waals surface area contributed by atoms with E-state index in [0.717, 1.165) is 44.4 Å². The fourth-order valence-corrected chi connectivity index (χ4v) is 4.25. The molecule has 4 rings (SSSR count). The van der Waals surface area contributed by atoms with Crippen LogP contribution in [-0.2, 0) is 16.1 Å². The quantitative estimate of drug-likeness (QED) is 0.852. The van der Waals surface area contributed by atoms with Crippen molar-refractivity contribution in [3.63, 3.8) is 0 Å². The van der Waals surface area contributed by atoms with E-state index in [1.807, 2.05) is 21.7 Å². The van der Waals surface area contributed by atoms with E-state index < -0.39 is 0 Å². The molecule has 0 aliphatic carbocycles. The first-order chi connectivity index (χ1) is 11.3. The molecule has 122 valence electrons. The Morgan fingerprint density at radius 3 is 3.13 bits per heavy atom. The fourth-order valence-electron chi connectivity index (χ4n) is 3.61. The SMILES string of the molecule is O=C(Cn1nnnc1-c1ccsc1)N1CCCCC12CCOC2. The van der Waals surface area contributed by atoms with Crippen molar-refractivity contribution in [2.75, 3.05) is 19.8 Å². The molecule has 0 saturated carbocycles. The molecule has 0 bridgehead atoms. The Hall–Kier alpha value is -1.80. The zero-order valence-electron chi connectivity index (χ0n) is 12.8. The summed E-state index contributed by atoms with van der Waals surface area (Å²) in [5, 5.41) is 15.8. The monoisotopic (exact) mass is 333 g/mol. The van der Waals surface area contributed by atoms with E-state index in [-0.39, 0.29) is 18.0 Å². The van der Waals surface area contributed by atoms with Gasteiger partial charge in [-0.15, -0.1) is 5.10 Å². The minimum Gasteiger partial charge on any atom is -0.379 e. The third-order valence-corrected chi connectivity index (χ3v) is 5.51. The van der Waals surface area contributed by atoms with E-state index in [9.17, 15) is 4.79 Å². The summed E-state index contributed by atoms with van der Waals surface area (Å²) in [5.41, 5.74) is 0.844. The molecule has 1 spiro atoms. The van der Waals surface area contributed by atoms with Crippen LogP contribution < -0.4 is 0 Å². The van der Waals surface area contributed by atoms with Crippen molar-refractivity contribution in [2.24, 2.45) is 0 Å². The fraction of sp³-hybridized carbons (Fsp3) is 0.600. The van der Waals surface area contributed by atoms with E-state index in [4.69, 9.17) is 4.74 Å². The van der Waals surface area contributed by atoms with Crippen LogP contribution in [-0.4, -0.2) is 56.3 Å². The molecule has 23 heavy (non-hydrogen) atoms. The van der Waals surface area contributed by atoms with Gasteiger partial charge >= 0.3 is 0 Å². The average molecular weight is 333 g/mol. The minimum absolute atomic E-state index is 0.0824. The van der Waals surface area contributed by atoms with E-state index in [1.54, 1.807) is 16.0 Å². The molecular weight excluding hydrogens is 314 g/mol. The number of hydrogen-bond donors (Lipinski definition) is 0. The van der Waals surface area contributed by atoms with Crippen LogP contribution in [0.5, 0.6) is 0 Å². The summed E-state index contributed by atoms with van der Waals surface area (Å²) in [4.78, 5) is 14.9. The Kier molecular flexibility index (Phi) is 3.86. The van der Waals surface area contributed by atoms with Crippen LogP contribution in [0.1, 0.15) is 25.7 Å². The van der Waals surface area contributed by atoms with Crippen molar-refractivity contribution in [2.45, 2.75) is 37.8 Å². The van der Waals surface area contributed by atoms with Gasteiger partial charge < -0.3 is 9.64 Å². The molecular formula is C15H19N5O2S. The van der Waals surface area contributed by atoms with Gasteiger partial charge in [0.2, 0.25) is 5.91 Å². The normalized spacial score (nSPS) is 24.4. The highest BCUT2D eigenvalue weighted by molar-refractivity contribution is 7.08. The molecule has 7 nitrogen and oxygen atoms in total. The van der Waals surface area contributed by atoms with E-state index in [0.29, 0.717) is 12.4 Å². The lowest BCUT2D eigenvalue weighted by atomic mass is 9.86. The van der Waals surface area contributed by atoms with Crippen LogP contribution >= 0.6 is 11.3 Å². The number of tetrazole rings is 1. The zero-order valence-corrected chi connectivity index (χ0v) is 13.7. The van der Waals surface area contributed by atoms with Crippen LogP contribution in [0.3, 0.4) is 0 Å². The van der Waals surface area contributed by atoms with Gasteiger partial charge in [-0.05, 0) is 47.6 Å². The second kappa shape index (κ2) is 6.01. The van der Waals surface area contributed by atoms with Crippen molar-refractivity contribution in [1.82, 2.24) is 25.1 Å². The Morgan fingerprint density at radius 1 is 1.39 bits per heavy atom. The molecule has 2 aliphatic rings. The van der Waals surface area contributed by atoms with Gasteiger partial charge in [-0.1, -0.05) is 0 Å². The number of nitrogens with zero attached hydrogens (tertiary/aromatic N) is 5. The summed E-state index contributed by atoms with van der Waals surface area (Å²) in [6.45, 7) is 2.39. The molecule has 1 amide bonds. The molecule has 2 aromatic rings. The summed E-state index contributed by atoms with van der Waals surface area (Å²) < 4.78 is 7.20. The van der Waals surface area contributed by atoms with E-state index in [1.165, 1.54) is 0 Å². The van der Waals surface area contributed by atoms with Crippen molar-refractivity contribution in [3.8, 4) is 11.4 Å². The molecule has 0 N–H and O–H groups in total. The molecule has 2 saturated heterocycles. The topological polar surface area (TPSA) is 73.1 Å². The number of carbonyl (C=O) groups is 1. The van der Waals surface area contributed by atoms with Crippen LogP contribution in [0.15, 0.2) is 16.8 Å². The zero-order chi connectivity index (χ0) is 15.7. The Bertz CT molecular complexity index is 678. The Labute approximate surface area is 138 Å². The first-order valence-electron chi connectivity index (χ1n) is 7.95.